The number of ketones is 1. The third kappa shape index (κ3) is 4.89. The van der Waals surface area contributed by atoms with Crippen LogP contribution in [0.15, 0.2) is 48.0 Å². The number of carbonyl (C=O) groups excluding carboxylic acids is 2. The average Bonchev–Trinajstić information content (AvgIpc) is 2.99. The van der Waals surface area contributed by atoms with Crippen LogP contribution >= 0.6 is 23.2 Å². The number of hydrogen-bond donors (Lipinski definition) is 1. The molecule has 164 valence electrons. The number of halogens is 2. The number of benzene rings is 2. The summed E-state index contributed by atoms with van der Waals surface area (Å²) in [6, 6.07) is 11.1. The fraction of sp³-hybridized carbons (Fsp3) is 0.333. The van der Waals surface area contributed by atoms with Gasteiger partial charge in [-0.05, 0) is 48.2 Å². The lowest BCUT2D eigenvalue weighted by atomic mass is 9.95. The number of nitrogens with zero attached hydrogens (tertiary/aromatic N) is 1. The maximum Gasteiger partial charge on any atom is 0.295 e. The van der Waals surface area contributed by atoms with Crippen LogP contribution in [-0.2, 0) is 9.59 Å². The molecule has 1 saturated heterocycles. The minimum absolute atomic E-state index is 0.0349. The monoisotopic (exact) mass is 461 g/mol. The molecule has 5 nitrogen and oxygen atoms in total. The zero-order chi connectivity index (χ0) is 22.7. The second-order valence-electron chi connectivity index (χ2n) is 7.90. The van der Waals surface area contributed by atoms with Crippen molar-refractivity contribution in [3.8, 4) is 5.75 Å². The first-order valence-electron chi connectivity index (χ1n) is 10.2. The maximum atomic E-state index is 12.9. The van der Waals surface area contributed by atoms with Gasteiger partial charge in [0, 0.05) is 12.1 Å². The molecule has 1 atom stereocenters. The van der Waals surface area contributed by atoms with Gasteiger partial charge in [0.05, 0.1) is 28.3 Å². The van der Waals surface area contributed by atoms with E-state index in [2.05, 4.69) is 13.8 Å². The largest absolute Gasteiger partial charge is 0.507 e. The summed E-state index contributed by atoms with van der Waals surface area (Å²) in [7, 11) is 0. The lowest BCUT2D eigenvalue weighted by molar-refractivity contribution is -0.139. The second kappa shape index (κ2) is 9.75. The van der Waals surface area contributed by atoms with Crippen LogP contribution in [0.5, 0.6) is 5.75 Å². The predicted molar refractivity (Wildman–Crippen MR) is 123 cm³/mol. The van der Waals surface area contributed by atoms with Gasteiger partial charge in [-0.2, -0.15) is 0 Å². The normalized spacial score (nSPS) is 18.1. The van der Waals surface area contributed by atoms with Gasteiger partial charge in [-0.25, -0.2) is 0 Å². The first kappa shape index (κ1) is 23.2. The van der Waals surface area contributed by atoms with E-state index in [-0.39, 0.29) is 16.4 Å². The first-order valence-corrected chi connectivity index (χ1v) is 11.0. The molecule has 0 saturated carbocycles. The van der Waals surface area contributed by atoms with E-state index in [4.69, 9.17) is 27.9 Å². The standard InChI is InChI=1S/C24H25Cl2NO4/c1-4-11-27-21(15-5-8-17(9-6-15)31-13-14(2)3)20(23(29)24(27)30)22(28)16-7-10-18(25)19(26)12-16/h5-10,12,14,21,28H,4,11,13H2,1-3H3/b22-20-. The van der Waals surface area contributed by atoms with Crippen molar-refractivity contribution in [1.82, 2.24) is 4.90 Å². The van der Waals surface area contributed by atoms with E-state index in [0.29, 0.717) is 47.4 Å². The van der Waals surface area contributed by atoms with Crippen LogP contribution in [0.1, 0.15) is 44.4 Å². The minimum atomic E-state index is -0.720. The number of ether oxygens (including phenoxy) is 1. The van der Waals surface area contributed by atoms with Crippen LogP contribution < -0.4 is 4.74 Å². The molecule has 1 amide bonds. The Morgan fingerprint density at radius 3 is 2.35 bits per heavy atom. The van der Waals surface area contributed by atoms with E-state index in [9.17, 15) is 14.7 Å². The fourth-order valence-electron chi connectivity index (χ4n) is 3.51. The van der Waals surface area contributed by atoms with Crippen molar-refractivity contribution >= 4 is 40.7 Å². The highest BCUT2D eigenvalue weighted by atomic mass is 35.5. The van der Waals surface area contributed by atoms with Crippen LogP contribution in [0.4, 0.5) is 0 Å². The van der Waals surface area contributed by atoms with Gasteiger partial charge in [0.2, 0.25) is 0 Å². The molecule has 1 aliphatic heterocycles. The minimum Gasteiger partial charge on any atom is -0.507 e. The van der Waals surface area contributed by atoms with Gasteiger partial charge in [-0.1, -0.05) is 56.1 Å². The Kier molecular flexibility index (Phi) is 7.29. The molecular formula is C24H25Cl2NO4. The Morgan fingerprint density at radius 2 is 1.77 bits per heavy atom. The zero-order valence-electron chi connectivity index (χ0n) is 17.7. The Hall–Kier alpha value is -2.50. The van der Waals surface area contributed by atoms with E-state index < -0.39 is 17.7 Å². The number of likely N-dealkylation sites (tertiary alicyclic amines) is 1. The molecule has 2 aromatic carbocycles. The number of aliphatic hydroxyl groups excluding tert-OH is 1. The third-order valence-electron chi connectivity index (χ3n) is 4.98. The number of Topliss-reactive ketones (excluding diaryl/α,β-unsaturated/α-hetero) is 1. The summed E-state index contributed by atoms with van der Waals surface area (Å²) in [5.41, 5.74) is 1.07. The van der Waals surface area contributed by atoms with E-state index in [0.717, 1.165) is 0 Å². The second-order valence-corrected chi connectivity index (χ2v) is 8.71. The summed E-state index contributed by atoms with van der Waals surface area (Å²) in [5, 5.41) is 11.6. The van der Waals surface area contributed by atoms with Crippen LogP contribution in [0.25, 0.3) is 5.76 Å². The topological polar surface area (TPSA) is 66.8 Å². The molecule has 0 aromatic heterocycles. The lowest BCUT2D eigenvalue weighted by Crippen LogP contribution is -2.30. The summed E-state index contributed by atoms with van der Waals surface area (Å²) in [6.07, 6.45) is 0.673. The first-order chi connectivity index (χ1) is 14.7. The SMILES string of the molecule is CCCN1C(=O)C(=O)/C(=C(\O)c2ccc(Cl)c(Cl)c2)C1c1ccc(OCC(C)C)cc1. The highest BCUT2D eigenvalue weighted by molar-refractivity contribution is 6.46. The van der Waals surface area contributed by atoms with Gasteiger partial charge >= 0.3 is 0 Å². The number of hydrogen-bond acceptors (Lipinski definition) is 4. The summed E-state index contributed by atoms with van der Waals surface area (Å²) in [4.78, 5) is 27.1. The molecule has 31 heavy (non-hydrogen) atoms. The smallest absolute Gasteiger partial charge is 0.295 e. The summed E-state index contributed by atoms with van der Waals surface area (Å²) < 4.78 is 5.73. The zero-order valence-corrected chi connectivity index (χ0v) is 19.2. The number of amides is 1. The lowest BCUT2D eigenvalue weighted by Gasteiger charge is -2.25. The van der Waals surface area contributed by atoms with Crippen molar-refractivity contribution in [3.63, 3.8) is 0 Å². The van der Waals surface area contributed by atoms with Crippen molar-refractivity contribution in [2.24, 2.45) is 5.92 Å². The van der Waals surface area contributed by atoms with Gasteiger partial charge in [-0.3, -0.25) is 9.59 Å². The van der Waals surface area contributed by atoms with Crippen LogP contribution in [0.3, 0.4) is 0 Å². The fourth-order valence-corrected chi connectivity index (χ4v) is 3.80. The van der Waals surface area contributed by atoms with E-state index >= 15 is 0 Å². The molecule has 0 radical (unpaired) electrons. The number of carbonyl (C=O) groups is 2. The van der Waals surface area contributed by atoms with Gasteiger partial charge in [0.1, 0.15) is 11.5 Å². The Labute approximate surface area is 192 Å². The van der Waals surface area contributed by atoms with E-state index in [1.807, 2.05) is 31.2 Å². The molecule has 0 aliphatic carbocycles. The van der Waals surface area contributed by atoms with Crippen molar-refractivity contribution < 1.29 is 19.4 Å². The van der Waals surface area contributed by atoms with Crippen molar-refractivity contribution in [1.29, 1.82) is 0 Å². The number of aliphatic hydroxyl groups is 1. The summed E-state index contributed by atoms with van der Waals surface area (Å²) in [6.45, 7) is 7.04. The molecule has 7 heteroatoms. The molecule has 1 fully saturated rings. The van der Waals surface area contributed by atoms with Crippen LogP contribution in [0, 0.1) is 5.92 Å². The predicted octanol–water partition coefficient (Wildman–Crippen LogP) is 5.86. The summed E-state index contributed by atoms with van der Waals surface area (Å²) >= 11 is 12.1. The van der Waals surface area contributed by atoms with Gasteiger partial charge < -0.3 is 14.7 Å². The molecule has 2 aromatic rings. The molecule has 1 heterocycles. The van der Waals surface area contributed by atoms with Gasteiger partial charge in [0.15, 0.2) is 0 Å². The molecule has 1 aliphatic rings. The third-order valence-corrected chi connectivity index (χ3v) is 5.72. The van der Waals surface area contributed by atoms with Crippen LogP contribution in [-0.4, -0.2) is 34.8 Å². The van der Waals surface area contributed by atoms with E-state index in [1.54, 1.807) is 6.07 Å². The van der Waals surface area contributed by atoms with Crippen molar-refractivity contribution in [2.75, 3.05) is 13.2 Å². The molecule has 0 bridgehead atoms. The maximum absolute atomic E-state index is 12.9. The van der Waals surface area contributed by atoms with Gasteiger partial charge in [0.25, 0.3) is 11.7 Å². The van der Waals surface area contributed by atoms with Gasteiger partial charge in [-0.15, -0.1) is 0 Å². The summed E-state index contributed by atoms with van der Waals surface area (Å²) in [5.74, 6) is -0.534. The van der Waals surface area contributed by atoms with Crippen molar-refractivity contribution in [2.45, 2.75) is 33.2 Å². The Morgan fingerprint density at radius 1 is 1.10 bits per heavy atom. The average molecular weight is 462 g/mol. The van der Waals surface area contributed by atoms with Crippen LogP contribution in [0.2, 0.25) is 10.0 Å². The van der Waals surface area contributed by atoms with Crippen molar-refractivity contribution in [3.05, 3.63) is 69.2 Å². The molecular weight excluding hydrogens is 437 g/mol. The Balaban J connectivity index is 2.07. The number of rotatable bonds is 7. The molecule has 1 unspecified atom stereocenters. The Bertz CT molecular complexity index is 1010. The highest BCUT2D eigenvalue weighted by Gasteiger charge is 2.45. The highest BCUT2D eigenvalue weighted by Crippen LogP contribution is 2.40. The molecule has 3 rings (SSSR count). The quantitative estimate of drug-likeness (QED) is 0.318. The molecule has 1 N–H and O–H groups in total. The molecule has 0 spiro atoms. The van der Waals surface area contributed by atoms with E-state index in [1.165, 1.54) is 17.0 Å².